The van der Waals surface area contributed by atoms with E-state index in [2.05, 4.69) is 25.9 Å². The molecule has 0 bridgehead atoms. The van der Waals surface area contributed by atoms with E-state index in [1.165, 1.54) is 11.8 Å². The first-order valence-electron chi connectivity index (χ1n) is 8.97. The summed E-state index contributed by atoms with van der Waals surface area (Å²) in [6.07, 6.45) is 0. The van der Waals surface area contributed by atoms with Crippen molar-refractivity contribution in [3.8, 4) is 0 Å². The number of carbonyl (C=O) groups is 2. The lowest BCUT2D eigenvalue weighted by Gasteiger charge is -2.25. The van der Waals surface area contributed by atoms with Crippen LogP contribution in [0.5, 0.6) is 0 Å². The number of aliphatic imine (C=N–C) groups is 2. The largest absolute Gasteiger partial charge is 0.293 e. The number of Topliss-reactive ketones (excluding diaryl/α,β-unsaturated/α-hetero) is 1. The summed E-state index contributed by atoms with van der Waals surface area (Å²) < 4.78 is 0.924. The minimum atomic E-state index is -0.422. The van der Waals surface area contributed by atoms with Crippen molar-refractivity contribution >= 4 is 56.1 Å². The molecular weight excluding hydrogens is 438 g/mol. The van der Waals surface area contributed by atoms with Crippen LogP contribution in [0.3, 0.4) is 0 Å². The average molecular weight is 456 g/mol. The summed E-state index contributed by atoms with van der Waals surface area (Å²) in [4.78, 5) is 36.5. The zero-order valence-corrected chi connectivity index (χ0v) is 17.8. The maximum atomic E-state index is 13.0. The molecule has 0 N–H and O–H groups in total. The van der Waals surface area contributed by atoms with Crippen LogP contribution in [0.2, 0.25) is 0 Å². The van der Waals surface area contributed by atoms with E-state index in [1.54, 1.807) is 17.0 Å². The Morgan fingerprint density at radius 2 is 1.89 bits per heavy atom. The van der Waals surface area contributed by atoms with Crippen LogP contribution < -0.4 is 0 Å². The topological polar surface area (TPSA) is 62.1 Å². The molecular formula is C21H18BrN3O2S. The van der Waals surface area contributed by atoms with E-state index in [-0.39, 0.29) is 23.4 Å². The van der Waals surface area contributed by atoms with Crippen molar-refractivity contribution in [2.24, 2.45) is 15.9 Å². The highest BCUT2D eigenvalue weighted by Crippen LogP contribution is 2.34. The Kier molecular flexibility index (Phi) is 5.21. The van der Waals surface area contributed by atoms with Gasteiger partial charge in [-0.05, 0) is 30.2 Å². The van der Waals surface area contributed by atoms with Crippen molar-refractivity contribution in [2.45, 2.75) is 19.9 Å². The van der Waals surface area contributed by atoms with E-state index in [4.69, 9.17) is 0 Å². The molecule has 28 heavy (non-hydrogen) atoms. The van der Waals surface area contributed by atoms with E-state index in [0.29, 0.717) is 16.6 Å². The Balaban J connectivity index is 1.62. The number of fused-ring (bicyclic) bond motifs is 3. The van der Waals surface area contributed by atoms with Crippen molar-refractivity contribution < 1.29 is 9.59 Å². The zero-order valence-electron chi connectivity index (χ0n) is 15.4. The first-order chi connectivity index (χ1) is 13.5. The number of thioether (sulfide) groups is 1. The summed E-state index contributed by atoms with van der Waals surface area (Å²) in [5.41, 5.74) is 2.25. The van der Waals surface area contributed by atoms with Gasteiger partial charge in [-0.2, -0.15) is 0 Å². The molecule has 4 rings (SSSR count). The van der Waals surface area contributed by atoms with Gasteiger partial charge in [-0.15, -0.1) is 0 Å². The zero-order chi connectivity index (χ0) is 19.8. The molecule has 0 saturated carbocycles. The number of amidine groups is 2. The SMILES string of the molecule is CC(C)[C@@H]1N=C2c3ccccc3N=C(SCC(=O)c3ccc(Br)cc3)N2C1=O. The fourth-order valence-corrected chi connectivity index (χ4v) is 4.31. The highest BCUT2D eigenvalue weighted by molar-refractivity contribution is 9.10. The van der Waals surface area contributed by atoms with E-state index < -0.39 is 6.04 Å². The minimum Gasteiger partial charge on any atom is -0.293 e. The van der Waals surface area contributed by atoms with Gasteiger partial charge in [-0.1, -0.05) is 65.8 Å². The van der Waals surface area contributed by atoms with Gasteiger partial charge >= 0.3 is 0 Å². The molecule has 1 atom stereocenters. The molecule has 7 heteroatoms. The van der Waals surface area contributed by atoms with Gasteiger partial charge in [-0.25, -0.2) is 9.89 Å². The van der Waals surface area contributed by atoms with Crippen molar-refractivity contribution in [2.75, 3.05) is 5.75 Å². The Labute approximate surface area is 176 Å². The van der Waals surface area contributed by atoms with Crippen molar-refractivity contribution in [3.05, 3.63) is 64.1 Å². The third kappa shape index (κ3) is 3.44. The molecule has 2 heterocycles. The van der Waals surface area contributed by atoms with Gasteiger partial charge in [0.2, 0.25) is 0 Å². The molecule has 2 aliphatic heterocycles. The Bertz CT molecular complexity index is 1010. The molecule has 0 saturated heterocycles. The van der Waals surface area contributed by atoms with Crippen LogP contribution in [0.25, 0.3) is 0 Å². The first kappa shape index (κ1) is 19.1. The molecule has 5 nitrogen and oxygen atoms in total. The first-order valence-corrected chi connectivity index (χ1v) is 10.7. The third-order valence-electron chi connectivity index (χ3n) is 4.63. The van der Waals surface area contributed by atoms with Gasteiger partial charge in [-0.3, -0.25) is 14.6 Å². The second kappa shape index (κ2) is 7.64. The lowest BCUT2D eigenvalue weighted by molar-refractivity contribution is -0.125. The number of ketones is 1. The smallest absolute Gasteiger partial charge is 0.259 e. The lowest BCUT2D eigenvalue weighted by Crippen LogP contribution is -2.42. The van der Waals surface area contributed by atoms with Gasteiger partial charge in [0.25, 0.3) is 5.91 Å². The number of hydrogen-bond acceptors (Lipinski definition) is 5. The maximum absolute atomic E-state index is 13.0. The molecule has 0 radical (unpaired) electrons. The Morgan fingerprint density at radius 3 is 2.61 bits per heavy atom. The van der Waals surface area contributed by atoms with Crippen LogP contribution in [0, 0.1) is 5.92 Å². The number of rotatable bonds is 4. The Hall–Kier alpha value is -2.25. The Morgan fingerprint density at radius 1 is 1.18 bits per heavy atom. The number of nitrogens with zero attached hydrogens (tertiary/aromatic N) is 3. The molecule has 142 valence electrons. The summed E-state index contributed by atoms with van der Waals surface area (Å²) in [5.74, 6) is 0.833. The van der Waals surface area contributed by atoms with Gasteiger partial charge in [0.1, 0.15) is 11.9 Å². The molecule has 0 aromatic heterocycles. The predicted molar refractivity (Wildman–Crippen MR) is 116 cm³/mol. The van der Waals surface area contributed by atoms with Crippen molar-refractivity contribution in [3.63, 3.8) is 0 Å². The molecule has 2 aliphatic rings. The highest BCUT2D eigenvalue weighted by Gasteiger charge is 2.42. The summed E-state index contributed by atoms with van der Waals surface area (Å²) in [6, 6.07) is 14.5. The number of benzene rings is 2. The van der Waals surface area contributed by atoms with E-state index in [0.717, 1.165) is 15.7 Å². The van der Waals surface area contributed by atoms with Crippen molar-refractivity contribution in [1.29, 1.82) is 0 Å². The number of hydrogen-bond donors (Lipinski definition) is 0. The minimum absolute atomic E-state index is 0.00963. The normalized spacial score (nSPS) is 17.9. The van der Waals surface area contributed by atoms with Crippen molar-refractivity contribution in [1.82, 2.24) is 4.90 Å². The van der Waals surface area contributed by atoms with Gasteiger partial charge in [0.15, 0.2) is 11.0 Å². The second-order valence-electron chi connectivity index (χ2n) is 6.95. The van der Waals surface area contributed by atoms with Crippen LogP contribution in [-0.4, -0.2) is 39.4 Å². The quantitative estimate of drug-likeness (QED) is 0.628. The summed E-state index contributed by atoms with van der Waals surface area (Å²) >= 11 is 4.65. The van der Waals surface area contributed by atoms with Crippen LogP contribution >= 0.6 is 27.7 Å². The average Bonchev–Trinajstić information content (AvgIpc) is 3.04. The summed E-state index contributed by atoms with van der Waals surface area (Å²) in [7, 11) is 0. The number of carbonyl (C=O) groups excluding carboxylic acids is 2. The number of halogens is 1. The lowest BCUT2D eigenvalue weighted by atomic mass is 10.1. The van der Waals surface area contributed by atoms with Crippen LogP contribution in [-0.2, 0) is 4.79 Å². The molecule has 2 aromatic carbocycles. The van der Waals surface area contributed by atoms with E-state index in [9.17, 15) is 9.59 Å². The van der Waals surface area contributed by atoms with Crippen LogP contribution in [0.15, 0.2) is 63.0 Å². The predicted octanol–water partition coefficient (Wildman–Crippen LogP) is 4.68. The molecule has 0 unspecified atom stereocenters. The summed E-state index contributed by atoms with van der Waals surface area (Å²) in [5, 5.41) is 0.510. The number of para-hydroxylation sites is 1. The molecule has 2 aromatic rings. The fourth-order valence-electron chi connectivity index (χ4n) is 3.15. The summed E-state index contributed by atoms with van der Waals surface area (Å²) in [6.45, 7) is 3.97. The molecule has 0 spiro atoms. The number of amides is 1. The third-order valence-corrected chi connectivity index (χ3v) is 6.10. The highest BCUT2D eigenvalue weighted by atomic mass is 79.9. The maximum Gasteiger partial charge on any atom is 0.259 e. The molecule has 1 amide bonds. The van der Waals surface area contributed by atoms with Gasteiger partial charge < -0.3 is 0 Å². The van der Waals surface area contributed by atoms with E-state index in [1.807, 2.05) is 50.2 Å². The molecule has 0 aliphatic carbocycles. The molecule has 0 fully saturated rings. The van der Waals surface area contributed by atoms with Gasteiger partial charge in [0.05, 0.1) is 11.4 Å². The van der Waals surface area contributed by atoms with Crippen LogP contribution in [0.4, 0.5) is 5.69 Å². The van der Waals surface area contributed by atoms with Gasteiger partial charge in [0, 0.05) is 15.6 Å². The standard InChI is InChI=1S/C21H18BrN3O2S/c1-12(2)18-20(27)25-19(24-18)15-5-3-4-6-16(15)23-21(25)28-11-17(26)13-7-9-14(22)10-8-13/h3-10,12,18H,11H2,1-2H3/t18-/m0/s1. The van der Waals surface area contributed by atoms with Crippen LogP contribution in [0.1, 0.15) is 29.8 Å². The monoisotopic (exact) mass is 455 g/mol. The second-order valence-corrected chi connectivity index (χ2v) is 8.80. The fraction of sp³-hybridized carbons (Fsp3) is 0.238. The van der Waals surface area contributed by atoms with E-state index >= 15 is 0 Å².